The Labute approximate surface area is 161 Å². The fourth-order valence-corrected chi connectivity index (χ4v) is 6.64. The summed E-state index contributed by atoms with van der Waals surface area (Å²) in [5, 5.41) is 0. The molecular weight excluding hydrogens is 360 g/mol. The molecule has 1 aromatic carbocycles. The van der Waals surface area contributed by atoms with Crippen LogP contribution >= 0.6 is 0 Å². The molecule has 4 fully saturated rings. The molecule has 0 unspecified atom stereocenters. The number of para-hydroxylation sites is 1. The van der Waals surface area contributed by atoms with Gasteiger partial charge in [0.2, 0.25) is 5.91 Å². The van der Waals surface area contributed by atoms with E-state index in [0.29, 0.717) is 32.2 Å². The van der Waals surface area contributed by atoms with Crippen LogP contribution in [0.4, 0.5) is 10.5 Å². The van der Waals surface area contributed by atoms with Crippen LogP contribution in [0.5, 0.6) is 0 Å². The molecule has 144 valence electrons. The van der Waals surface area contributed by atoms with Crippen LogP contribution in [0.15, 0.2) is 36.4 Å². The van der Waals surface area contributed by atoms with Gasteiger partial charge < -0.3 is 14.4 Å². The molecule has 7 heteroatoms. The lowest BCUT2D eigenvalue weighted by molar-refractivity contribution is -0.152. The predicted molar refractivity (Wildman–Crippen MR) is 97.4 cm³/mol. The van der Waals surface area contributed by atoms with Crippen LogP contribution in [0.3, 0.4) is 0 Å². The van der Waals surface area contributed by atoms with Crippen molar-refractivity contribution >= 4 is 23.7 Å². The fourth-order valence-electron chi connectivity index (χ4n) is 6.64. The van der Waals surface area contributed by atoms with E-state index in [2.05, 4.69) is 0 Å². The van der Waals surface area contributed by atoms with E-state index in [0.717, 1.165) is 11.3 Å². The minimum absolute atomic E-state index is 0.00578. The van der Waals surface area contributed by atoms with Crippen LogP contribution < -0.4 is 4.90 Å². The molecule has 1 aliphatic carbocycles. The number of hydrogen-bond acceptors (Lipinski definition) is 5. The Morgan fingerprint density at radius 2 is 2.04 bits per heavy atom. The van der Waals surface area contributed by atoms with Crippen molar-refractivity contribution < 1.29 is 23.9 Å². The van der Waals surface area contributed by atoms with Crippen molar-refractivity contribution in [2.24, 2.45) is 5.92 Å². The number of hydrogen-bond donors (Lipinski definition) is 0. The second-order valence-electron chi connectivity index (χ2n) is 8.43. The molecule has 3 saturated heterocycles. The molecule has 2 spiro atoms. The van der Waals surface area contributed by atoms with E-state index < -0.39 is 28.7 Å². The number of carbonyl (C=O) groups is 3. The van der Waals surface area contributed by atoms with Crippen LogP contribution in [-0.2, 0) is 24.7 Å². The van der Waals surface area contributed by atoms with Crippen molar-refractivity contribution in [1.29, 1.82) is 0 Å². The zero-order chi connectivity index (χ0) is 19.3. The molecule has 7 nitrogen and oxygen atoms in total. The minimum Gasteiger partial charge on any atom is -0.452 e. The summed E-state index contributed by atoms with van der Waals surface area (Å²) in [7, 11) is 1.37. The molecule has 6 aliphatic rings. The Kier molecular flexibility index (Phi) is 2.75. The van der Waals surface area contributed by atoms with Crippen molar-refractivity contribution in [3.8, 4) is 0 Å². The fraction of sp³-hybridized carbons (Fsp3) is 0.476. The number of esters is 1. The van der Waals surface area contributed by atoms with Crippen molar-refractivity contribution in [3.63, 3.8) is 0 Å². The Morgan fingerprint density at radius 3 is 2.86 bits per heavy atom. The van der Waals surface area contributed by atoms with Crippen LogP contribution in [0.2, 0.25) is 0 Å². The van der Waals surface area contributed by atoms with Gasteiger partial charge in [0.1, 0.15) is 5.54 Å². The van der Waals surface area contributed by atoms with Crippen LogP contribution in [0, 0.1) is 5.92 Å². The van der Waals surface area contributed by atoms with Gasteiger partial charge in [0.25, 0.3) is 0 Å². The van der Waals surface area contributed by atoms with Crippen LogP contribution in [-0.4, -0.2) is 47.6 Å². The second-order valence-corrected chi connectivity index (χ2v) is 8.43. The lowest BCUT2D eigenvalue weighted by Gasteiger charge is -2.55. The molecule has 5 aliphatic heterocycles. The van der Waals surface area contributed by atoms with Gasteiger partial charge in [-0.05, 0) is 25.3 Å². The number of methoxy groups -OCH3 is 1. The number of nitrogens with zero attached hydrogens (tertiary/aromatic N) is 2. The quantitative estimate of drug-likeness (QED) is 0.645. The van der Waals surface area contributed by atoms with Gasteiger partial charge in [0.05, 0.1) is 24.3 Å². The first kappa shape index (κ1) is 16.2. The summed E-state index contributed by atoms with van der Waals surface area (Å²) in [6.45, 7) is 0.483. The number of carbonyl (C=O) groups excluding carboxylic acids is 3. The third-order valence-corrected chi connectivity index (χ3v) is 7.70. The number of ether oxygens (including phenoxy) is 2. The van der Waals surface area contributed by atoms with E-state index in [1.807, 2.05) is 35.2 Å². The van der Waals surface area contributed by atoms with Gasteiger partial charge in [-0.15, -0.1) is 0 Å². The highest BCUT2D eigenvalue weighted by atomic mass is 16.6. The van der Waals surface area contributed by atoms with E-state index >= 15 is 0 Å². The largest absolute Gasteiger partial charge is 0.452 e. The lowest BCUT2D eigenvalue weighted by Crippen LogP contribution is -2.69. The van der Waals surface area contributed by atoms with Gasteiger partial charge in [0.15, 0.2) is 5.60 Å². The van der Waals surface area contributed by atoms with Gasteiger partial charge in [-0.3, -0.25) is 14.5 Å². The van der Waals surface area contributed by atoms with Crippen molar-refractivity contribution in [2.75, 3.05) is 18.6 Å². The van der Waals surface area contributed by atoms with Gasteiger partial charge in [-0.25, -0.2) is 4.79 Å². The maximum atomic E-state index is 13.2. The maximum Gasteiger partial charge on any atom is 0.414 e. The minimum atomic E-state index is -0.949. The molecule has 1 aromatic rings. The summed E-state index contributed by atoms with van der Waals surface area (Å²) in [5.41, 5.74) is -0.636. The summed E-state index contributed by atoms with van der Waals surface area (Å²) in [6, 6.07) is 7.60. The summed E-state index contributed by atoms with van der Waals surface area (Å²) < 4.78 is 11.3. The zero-order valence-corrected chi connectivity index (χ0v) is 15.5. The number of anilines is 1. The SMILES string of the molecule is COC(=O)N1c2ccccc2[C@]23CCN4C(=O)C=C[C@]45CC[C@]12[C@@H](C5)C(=O)O3. The predicted octanol–water partition coefficient (Wildman–Crippen LogP) is 2.10. The molecule has 0 aromatic heterocycles. The van der Waals surface area contributed by atoms with Gasteiger partial charge in [-0.1, -0.05) is 24.3 Å². The average Bonchev–Trinajstić information content (AvgIpc) is 3.21. The smallest absolute Gasteiger partial charge is 0.414 e. The third kappa shape index (κ3) is 1.46. The second kappa shape index (κ2) is 4.77. The molecule has 4 atom stereocenters. The number of rotatable bonds is 0. The highest BCUT2D eigenvalue weighted by Crippen LogP contribution is 2.68. The molecule has 0 radical (unpaired) electrons. The monoisotopic (exact) mass is 380 g/mol. The first-order valence-corrected chi connectivity index (χ1v) is 9.71. The van der Waals surface area contributed by atoms with Gasteiger partial charge >= 0.3 is 12.1 Å². The highest BCUT2D eigenvalue weighted by Gasteiger charge is 2.78. The van der Waals surface area contributed by atoms with E-state index in [1.165, 1.54) is 7.11 Å². The molecule has 28 heavy (non-hydrogen) atoms. The number of benzene rings is 1. The van der Waals surface area contributed by atoms with Crippen molar-refractivity contribution in [3.05, 3.63) is 42.0 Å². The maximum absolute atomic E-state index is 13.2. The first-order chi connectivity index (χ1) is 13.5. The standard InChI is InChI=1S/C21H20N2O5/c1-27-18(26)23-15-5-3-2-4-13(15)21-10-11-22-16(24)6-7-19(22)8-9-20(21,23)14(12-19)17(25)28-21/h2-7,14H,8-12H2,1H3/t14-,19+,20+,21+/m0/s1. The Morgan fingerprint density at radius 1 is 1.21 bits per heavy atom. The zero-order valence-electron chi connectivity index (χ0n) is 15.5. The van der Waals surface area contributed by atoms with Gasteiger partial charge in [-0.2, -0.15) is 0 Å². The highest BCUT2D eigenvalue weighted by molar-refractivity contribution is 5.99. The summed E-state index contributed by atoms with van der Waals surface area (Å²) in [5.74, 6) is -0.795. The molecule has 7 rings (SSSR count). The molecule has 0 N–H and O–H groups in total. The molecular formula is C21H20N2O5. The van der Waals surface area contributed by atoms with E-state index in [4.69, 9.17) is 9.47 Å². The van der Waals surface area contributed by atoms with E-state index in [9.17, 15) is 14.4 Å². The lowest BCUT2D eigenvalue weighted by atomic mass is 9.58. The Balaban J connectivity index is 1.64. The molecule has 4 bridgehead atoms. The van der Waals surface area contributed by atoms with E-state index in [-0.39, 0.29) is 11.9 Å². The third-order valence-electron chi connectivity index (χ3n) is 7.70. The van der Waals surface area contributed by atoms with Gasteiger partial charge in [0, 0.05) is 24.6 Å². The normalized spacial score (nSPS) is 39.2. The molecule has 1 saturated carbocycles. The number of fused-ring (bicyclic) bond motifs is 3. The summed E-state index contributed by atoms with van der Waals surface area (Å²) in [4.78, 5) is 42.3. The summed E-state index contributed by atoms with van der Waals surface area (Å²) >= 11 is 0. The van der Waals surface area contributed by atoms with Crippen LogP contribution in [0.25, 0.3) is 0 Å². The molecule has 5 heterocycles. The number of amides is 2. The van der Waals surface area contributed by atoms with Crippen molar-refractivity contribution in [1.82, 2.24) is 4.90 Å². The first-order valence-electron chi connectivity index (χ1n) is 9.71. The average molecular weight is 380 g/mol. The topological polar surface area (TPSA) is 76.2 Å². The Hall–Kier alpha value is -2.83. The Bertz CT molecular complexity index is 989. The summed E-state index contributed by atoms with van der Waals surface area (Å²) in [6.07, 6.45) is 5.30. The van der Waals surface area contributed by atoms with Crippen molar-refractivity contribution in [2.45, 2.75) is 42.4 Å². The van der Waals surface area contributed by atoms with Crippen LogP contribution in [0.1, 0.15) is 31.2 Å². The van der Waals surface area contributed by atoms with E-state index in [1.54, 1.807) is 11.0 Å². The molecule has 2 amide bonds.